The summed E-state index contributed by atoms with van der Waals surface area (Å²) >= 11 is 0. The fraction of sp³-hybridized carbons (Fsp3) is 0.0769. The van der Waals surface area contributed by atoms with E-state index in [0.717, 1.165) is 17.0 Å². The number of hydrogen-bond acceptors (Lipinski definition) is 6. The zero-order valence-electron chi connectivity index (χ0n) is 19.1. The fourth-order valence-electron chi connectivity index (χ4n) is 3.24. The molecule has 0 unspecified atom stereocenters. The molecule has 2 amide bonds. The zero-order valence-corrected chi connectivity index (χ0v) is 19.1. The quantitative estimate of drug-likeness (QED) is 0.244. The van der Waals surface area contributed by atoms with Crippen LogP contribution in [0, 0.1) is 0 Å². The number of amides is 2. The lowest BCUT2D eigenvalue weighted by molar-refractivity contribution is -0.136. The summed E-state index contributed by atoms with van der Waals surface area (Å²) in [4.78, 5) is 24.4. The van der Waals surface area contributed by atoms with Gasteiger partial charge in [0.1, 0.15) is 17.2 Å². The molecule has 35 heavy (non-hydrogen) atoms. The average molecular weight is 470 g/mol. The second-order valence-corrected chi connectivity index (χ2v) is 7.32. The summed E-state index contributed by atoms with van der Waals surface area (Å²) in [6.07, 6.45) is 3.24. The van der Waals surface area contributed by atoms with Crippen molar-refractivity contribution in [2.24, 2.45) is 5.10 Å². The van der Waals surface area contributed by atoms with E-state index in [0.29, 0.717) is 22.7 Å². The summed E-state index contributed by atoms with van der Waals surface area (Å²) in [5.74, 6) is -0.386. The molecule has 176 valence electrons. The van der Waals surface area contributed by atoms with Gasteiger partial charge in [0.25, 0.3) is 0 Å². The van der Waals surface area contributed by atoms with Gasteiger partial charge in [0.2, 0.25) is 0 Å². The van der Waals surface area contributed by atoms with Gasteiger partial charge in [-0.1, -0.05) is 18.2 Å². The number of nitrogens with one attached hydrogen (secondary N) is 2. The minimum atomic E-state index is -0.904. The molecule has 0 radical (unpaired) electrons. The Morgan fingerprint density at radius 1 is 0.857 bits per heavy atom. The van der Waals surface area contributed by atoms with Crippen LogP contribution in [-0.4, -0.2) is 42.0 Å². The van der Waals surface area contributed by atoms with Crippen molar-refractivity contribution in [3.05, 3.63) is 90.6 Å². The number of hydrogen-bond donors (Lipinski definition) is 2. The molecule has 9 nitrogen and oxygen atoms in total. The van der Waals surface area contributed by atoms with E-state index in [1.807, 2.05) is 54.6 Å². The van der Waals surface area contributed by atoms with Gasteiger partial charge >= 0.3 is 11.8 Å². The van der Waals surface area contributed by atoms with Gasteiger partial charge in [-0.15, -0.1) is 0 Å². The lowest BCUT2D eigenvalue weighted by Gasteiger charge is -2.05. The minimum absolute atomic E-state index is 0.459. The van der Waals surface area contributed by atoms with Gasteiger partial charge < -0.3 is 14.8 Å². The summed E-state index contributed by atoms with van der Waals surface area (Å²) in [7, 11) is 3.15. The standard InChI is InChI=1S/C26H23N5O4/c1-34-22-12-8-18(9-13-22)24-19(17-31(30-24)21-6-4-3-5-7-21)16-27-29-26(33)25(32)28-20-10-14-23(35-2)15-11-20/h3-17H,1-2H3,(H,28,32)(H,29,33)/b27-16+. The maximum atomic E-state index is 12.2. The Morgan fingerprint density at radius 2 is 1.49 bits per heavy atom. The third-order valence-electron chi connectivity index (χ3n) is 5.05. The smallest absolute Gasteiger partial charge is 0.329 e. The van der Waals surface area contributed by atoms with Gasteiger partial charge in [-0.3, -0.25) is 9.59 Å². The molecule has 1 heterocycles. The van der Waals surface area contributed by atoms with Gasteiger partial charge in [-0.25, -0.2) is 10.1 Å². The summed E-state index contributed by atoms with van der Waals surface area (Å²) in [5.41, 5.74) is 5.72. The van der Waals surface area contributed by atoms with E-state index in [-0.39, 0.29) is 0 Å². The number of benzene rings is 3. The molecule has 0 saturated heterocycles. The number of hydrazone groups is 1. The first kappa shape index (κ1) is 23.2. The Bertz CT molecular complexity index is 1330. The highest BCUT2D eigenvalue weighted by atomic mass is 16.5. The zero-order chi connectivity index (χ0) is 24.6. The van der Waals surface area contributed by atoms with Crippen molar-refractivity contribution in [2.45, 2.75) is 0 Å². The average Bonchev–Trinajstić information content (AvgIpc) is 3.33. The van der Waals surface area contributed by atoms with Crippen LogP contribution in [0.3, 0.4) is 0 Å². The van der Waals surface area contributed by atoms with E-state index in [4.69, 9.17) is 14.6 Å². The molecule has 4 rings (SSSR count). The molecule has 0 aliphatic carbocycles. The predicted octanol–water partition coefficient (Wildman–Crippen LogP) is 3.65. The third-order valence-corrected chi connectivity index (χ3v) is 5.05. The van der Waals surface area contributed by atoms with Crippen LogP contribution in [0.2, 0.25) is 0 Å². The number of nitrogens with zero attached hydrogens (tertiary/aromatic N) is 3. The molecule has 3 aromatic carbocycles. The van der Waals surface area contributed by atoms with E-state index in [9.17, 15) is 9.59 Å². The van der Waals surface area contributed by atoms with Gasteiger partial charge in [0.15, 0.2) is 0 Å². The van der Waals surface area contributed by atoms with E-state index in [1.165, 1.54) is 6.21 Å². The number of ether oxygens (including phenoxy) is 2. The molecule has 0 bridgehead atoms. The number of para-hydroxylation sites is 1. The van der Waals surface area contributed by atoms with E-state index in [2.05, 4.69) is 15.8 Å². The van der Waals surface area contributed by atoms with E-state index < -0.39 is 11.8 Å². The fourth-order valence-corrected chi connectivity index (χ4v) is 3.24. The number of methoxy groups -OCH3 is 2. The molecule has 0 fully saturated rings. The van der Waals surface area contributed by atoms with Crippen LogP contribution in [0.4, 0.5) is 5.69 Å². The van der Waals surface area contributed by atoms with Crippen molar-refractivity contribution in [3.8, 4) is 28.4 Å². The number of anilines is 1. The van der Waals surface area contributed by atoms with Crippen molar-refractivity contribution in [1.82, 2.24) is 15.2 Å². The molecule has 2 N–H and O–H groups in total. The van der Waals surface area contributed by atoms with Crippen LogP contribution in [-0.2, 0) is 9.59 Å². The van der Waals surface area contributed by atoms with Crippen molar-refractivity contribution >= 4 is 23.7 Å². The molecule has 0 aliphatic rings. The number of rotatable bonds is 7. The Balaban J connectivity index is 1.51. The van der Waals surface area contributed by atoms with Crippen LogP contribution in [0.1, 0.15) is 5.56 Å². The van der Waals surface area contributed by atoms with Crippen LogP contribution in [0.5, 0.6) is 11.5 Å². The maximum absolute atomic E-state index is 12.2. The second kappa shape index (κ2) is 10.8. The van der Waals surface area contributed by atoms with Gasteiger partial charge in [-0.2, -0.15) is 10.2 Å². The highest BCUT2D eigenvalue weighted by Crippen LogP contribution is 2.25. The highest BCUT2D eigenvalue weighted by Gasteiger charge is 2.14. The largest absolute Gasteiger partial charge is 0.497 e. The summed E-state index contributed by atoms with van der Waals surface area (Å²) in [6.45, 7) is 0. The number of aromatic nitrogens is 2. The lowest BCUT2D eigenvalue weighted by atomic mass is 10.1. The third kappa shape index (κ3) is 5.72. The lowest BCUT2D eigenvalue weighted by Crippen LogP contribution is -2.32. The Hall–Kier alpha value is -4.92. The first-order valence-electron chi connectivity index (χ1n) is 10.7. The van der Waals surface area contributed by atoms with Gasteiger partial charge in [-0.05, 0) is 60.7 Å². The Kier molecular flexibility index (Phi) is 7.17. The molecule has 4 aromatic rings. The topological polar surface area (TPSA) is 107 Å². The first-order valence-corrected chi connectivity index (χ1v) is 10.7. The number of carbonyl (C=O) groups excluding carboxylic acids is 2. The second-order valence-electron chi connectivity index (χ2n) is 7.32. The minimum Gasteiger partial charge on any atom is -0.497 e. The molecule has 0 aliphatic heterocycles. The van der Waals surface area contributed by atoms with Gasteiger partial charge in [0.05, 0.1) is 26.1 Å². The maximum Gasteiger partial charge on any atom is 0.329 e. The number of carbonyl (C=O) groups is 2. The molecule has 9 heteroatoms. The Morgan fingerprint density at radius 3 is 2.11 bits per heavy atom. The van der Waals surface area contributed by atoms with E-state index >= 15 is 0 Å². The first-order chi connectivity index (χ1) is 17.1. The van der Waals surface area contributed by atoms with Crippen molar-refractivity contribution < 1.29 is 19.1 Å². The van der Waals surface area contributed by atoms with Crippen molar-refractivity contribution in [1.29, 1.82) is 0 Å². The Labute approximate surface area is 202 Å². The van der Waals surface area contributed by atoms with Crippen molar-refractivity contribution in [2.75, 3.05) is 19.5 Å². The molecule has 1 aromatic heterocycles. The van der Waals surface area contributed by atoms with Crippen LogP contribution in [0.25, 0.3) is 16.9 Å². The SMILES string of the molecule is COc1ccc(NC(=O)C(=O)N/N=C/c2cn(-c3ccccc3)nc2-c2ccc(OC)cc2)cc1. The molecular formula is C26H23N5O4. The van der Waals surface area contributed by atoms with Gasteiger partial charge in [0, 0.05) is 23.0 Å². The van der Waals surface area contributed by atoms with Crippen LogP contribution in [0.15, 0.2) is 90.2 Å². The predicted molar refractivity (Wildman–Crippen MR) is 133 cm³/mol. The summed E-state index contributed by atoms with van der Waals surface area (Å²) in [5, 5.41) is 11.2. The summed E-state index contributed by atoms with van der Waals surface area (Å²) in [6, 6.07) is 23.7. The van der Waals surface area contributed by atoms with Crippen molar-refractivity contribution in [3.63, 3.8) is 0 Å². The van der Waals surface area contributed by atoms with Crippen LogP contribution < -0.4 is 20.2 Å². The van der Waals surface area contributed by atoms with E-state index in [1.54, 1.807) is 49.4 Å². The molecule has 0 saturated carbocycles. The summed E-state index contributed by atoms with van der Waals surface area (Å²) < 4.78 is 12.0. The highest BCUT2D eigenvalue weighted by molar-refractivity contribution is 6.39. The molecular weight excluding hydrogens is 446 g/mol. The van der Waals surface area contributed by atoms with Crippen LogP contribution >= 0.6 is 0 Å². The molecule has 0 atom stereocenters. The monoisotopic (exact) mass is 469 g/mol. The normalized spacial score (nSPS) is 10.7. The molecule has 0 spiro atoms.